The van der Waals surface area contributed by atoms with Crippen molar-refractivity contribution in [1.29, 1.82) is 0 Å². The highest BCUT2D eigenvalue weighted by Gasteiger charge is 2.12. The molecule has 0 aliphatic carbocycles. The Balaban J connectivity index is 2.16. The summed E-state index contributed by atoms with van der Waals surface area (Å²) in [4.78, 5) is 0. The number of nitrogens with two attached hydrogens (primary N) is 1. The van der Waals surface area contributed by atoms with Crippen LogP contribution in [0.15, 0.2) is 50.5 Å². The second-order valence-electron chi connectivity index (χ2n) is 3.33. The van der Waals surface area contributed by atoms with Crippen molar-refractivity contribution < 1.29 is 0 Å². The summed E-state index contributed by atoms with van der Waals surface area (Å²) in [5.41, 5.74) is 7.11. The molecule has 0 bridgehead atoms. The molecule has 0 aliphatic rings. The highest BCUT2D eigenvalue weighted by Crippen LogP contribution is 2.37. The van der Waals surface area contributed by atoms with E-state index in [4.69, 9.17) is 5.73 Å². The Morgan fingerprint density at radius 3 is 2.81 bits per heavy atom. The SMILES string of the molecule is NCC(Sc1cccs1)c1cccc(Br)c1. The molecular weight excluding hydrogens is 302 g/mol. The zero-order chi connectivity index (χ0) is 11.4. The normalized spacial score (nSPS) is 12.6. The Morgan fingerprint density at radius 1 is 1.31 bits per heavy atom. The van der Waals surface area contributed by atoms with Gasteiger partial charge in [0.1, 0.15) is 0 Å². The van der Waals surface area contributed by atoms with E-state index in [1.54, 1.807) is 11.3 Å². The van der Waals surface area contributed by atoms with Gasteiger partial charge in [-0.15, -0.1) is 23.1 Å². The molecule has 4 heteroatoms. The molecule has 0 radical (unpaired) electrons. The predicted molar refractivity (Wildman–Crippen MR) is 76.1 cm³/mol. The van der Waals surface area contributed by atoms with E-state index in [1.165, 1.54) is 9.77 Å². The van der Waals surface area contributed by atoms with Gasteiger partial charge in [-0.3, -0.25) is 0 Å². The van der Waals surface area contributed by atoms with Gasteiger partial charge in [0, 0.05) is 16.3 Å². The number of thioether (sulfide) groups is 1. The summed E-state index contributed by atoms with van der Waals surface area (Å²) in [5, 5.41) is 2.42. The van der Waals surface area contributed by atoms with Crippen molar-refractivity contribution in [2.45, 2.75) is 9.46 Å². The maximum absolute atomic E-state index is 5.84. The number of halogens is 1. The summed E-state index contributed by atoms with van der Waals surface area (Å²) in [5.74, 6) is 0. The van der Waals surface area contributed by atoms with Crippen molar-refractivity contribution in [3.63, 3.8) is 0 Å². The van der Waals surface area contributed by atoms with Gasteiger partial charge < -0.3 is 5.73 Å². The van der Waals surface area contributed by atoms with Crippen molar-refractivity contribution in [2.24, 2.45) is 5.73 Å². The van der Waals surface area contributed by atoms with Crippen LogP contribution in [0.5, 0.6) is 0 Å². The summed E-state index contributed by atoms with van der Waals surface area (Å²) in [6, 6.07) is 12.6. The van der Waals surface area contributed by atoms with Gasteiger partial charge in [-0.2, -0.15) is 0 Å². The molecule has 2 aromatic rings. The molecule has 0 saturated carbocycles. The van der Waals surface area contributed by atoms with Crippen molar-refractivity contribution in [3.05, 3.63) is 51.8 Å². The van der Waals surface area contributed by atoms with Gasteiger partial charge in [0.15, 0.2) is 0 Å². The molecule has 84 valence electrons. The Hall–Kier alpha value is -0.290. The van der Waals surface area contributed by atoms with Gasteiger partial charge in [-0.25, -0.2) is 0 Å². The average molecular weight is 314 g/mol. The minimum absolute atomic E-state index is 0.330. The molecule has 1 aromatic carbocycles. The van der Waals surface area contributed by atoms with Crippen LogP contribution < -0.4 is 5.73 Å². The lowest BCUT2D eigenvalue weighted by Gasteiger charge is -2.13. The molecule has 2 rings (SSSR count). The van der Waals surface area contributed by atoms with Crippen LogP contribution in [0.4, 0.5) is 0 Å². The van der Waals surface area contributed by atoms with Gasteiger partial charge in [0.2, 0.25) is 0 Å². The fourth-order valence-corrected chi connectivity index (χ4v) is 3.85. The predicted octanol–water partition coefficient (Wildman–Crippen LogP) is 4.30. The summed E-state index contributed by atoms with van der Waals surface area (Å²) in [7, 11) is 0. The van der Waals surface area contributed by atoms with Crippen molar-refractivity contribution in [1.82, 2.24) is 0 Å². The lowest BCUT2D eigenvalue weighted by molar-refractivity contribution is 0.941. The monoisotopic (exact) mass is 313 g/mol. The second kappa shape index (κ2) is 5.87. The van der Waals surface area contributed by atoms with E-state index in [0.717, 1.165) is 4.47 Å². The molecule has 1 heterocycles. The van der Waals surface area contributed by atoms with Crippen LogP contribution in [-0.2, 0) is 0 Å². The van der Waals surface area contributed by atoms with Crippen LogP contribution >= 0.6 is 39.0 Å². The molecule has 1 aromatic heterocycles. The molecule has 16 heavy (non-hydrogen) atoms. The zero-order valence-corrected chi connectivity index (χ0v) is 11.8. The van der Waals surface area contributed by atoms with Gasteiger partial charge in [-0.05, 0) is 29.1 Å². The maximum atomic E-state index is 5.84. The van der Waals surface area contributed by atoms with Gasteiger partial charge >= 0.3 is 0 Å². The van der Waals surface area contributed by atoms with E-state index in [0.29, 0.717) is 11.8 Å². The first-order chi connectivity index (χ1) is 7.79. The maximum Gasteiger partial charge on any atom is 0.0604 e. The Bertz CT molecular complexity index is 442. The van der Waals surface area contributed by atoms with Crippen molar-refractivity contribution in [3.8, 4) is 0 Å². The fourth-order valence-electron chi connectivity index (χ4n) is 1.43. The molecule has 1 atom stereocenters. The third-order valence-electron chi connectivity index (χ3n) is 2.19. The third-order valence-corrected chi connectivity index (χ3v) is 5.04. The lowest BCUT2D eigenvalue weighted by atomic mass is 10.1. The Morgan fingerprint density at radius 2 is 2.19 bits per heavy atom. The van der Waals surface area contributed by atoms with Crippen LogP contribution in [-0.4, -0.2) is 6.54 Å². The van der Waals surface area contributed by atoms with Crippen LogP contribution in [0, 0.1) is 0 Å². The Kier molecular flexibility index (Phi) is 4.46. The number of hydrogen-bond donors (Lipinski definition) is 1. The van der Waals surface area contributed by atoms with E-state index in [1.807, 2.05) is 17.8 Å². The van der Waals surface area contributed by atoms with E-state index in [9.17, 15) is 0 Å². The van der Waals surface area contributed by atoms with Gasteiger partial charge in [-0.1, -0.05) is 34.1 Å². The highest BCUT2D eigenvalue weighted by atomic mass is 79.9. The van der Waals surface area contributed by atoms with Gasteiger partial charge in [0.05, 0.1) is 4.21 Å². The van der Waals surface area contributed by atoms with Crippen molar-refractivity contribution in [2.75, 3.05) is 6.54 Å². The van der Waals surface area contributed by atoms with Crippen LogP contribution in [0.3, 0.4) is 0 Å². The topological polar surface area (TPSA) is 26.0 Å². The summed E-state index contributed by atoms with van der Waals surface area (Å²) in [6.07, 6.45) is 0. The smallest absolute Gasteiger partial charge is 0.0604 e. The van der Waals surface area contributed by atoms with Crippen LogP contribution in [0.2, 0.25) is 0 Å². The Labute approximate surface area is 112 Å². The van der Waals surface area contributed by atoms with E-state index >= 15 is 0 Å². The molecular formula is C12H12BrNS2. The zero-order valence-electron chi connectivity index (χ0n) is 8.60. The molecule has 0 amide bonds. The van der Waals surface area contributed by atoms with E-state index in [-0.39, 0.29) is 0 Å². The molecule has 0 spiro atoms. The fraction of sp³-hybridized carbons (Fsp3) is 0.167. The minimum atomic E-state index is 0.330. The first kappa shape index (κ1) is 12.2. The van der Waals surface area contributed by atoms with Crippen molar-refractivity contribution >= 4 is 39.0 Å². The number of benzene rings is 1. The summed E-state index contributed by atoms with van der Waals surface area (Å²) >= 11 is 7.08. The minimum Gasteiger partial charge on any atom is -0.329 e. The molecule has 0 saturated heterocycles. The highest BCUT2D eigenvalue weighted by molar-refractivity contribution is 9.10. The molecule has 0 fully saturated rings. The summed E-state index contributed by atoms with van der Waals surface area (Å²) < 4.78 is 2.42. The number of rotatable bonds is 4. The first-order valence-electron chi connectivity index (χ1n) is 4.95. The van der Waals surface area contributed by atoms with E-state index < -0.39 is 0 Å². The van der Waals surface area contributed by atoms with Crippen LogP contribution in [0.25, 0.3) is 0 Å². The lowest BCUT2D eigenvalue weighted by Crippen LogP contribution is -2.08. The molecule has 0 aliphatic heterocycles. The number of hydrogen-bond acceptors (Lipinski definition) is 3. The molecule has 1 nitrogen and oxygen atoms in total. The second-order valence-corrected chi connectivity index (χ2v) is 6.70. The largest absolute Gasteiger partial charge is 0.329 e. The standard InChI is InChI=1S/C12H12BrNS2/c13-10-4-1-3-9(7-10)11(8-14)16-12-5-2-6-15-12/h1-7,11H,8,14H2. The van der Waals surface area contributed by atoms with E-state index in [2.05, 4.69) is 51.6 Å². The molecule has 1 unspecified atom stereocenters. The van der Waals surface area contributed by atoms with Gasteiger partial charge in [0.25, 0.3) is 0 Å². The van der Waals surface area contributed by atoms with Crippen LogP contribution in [0.1, 0.15) is 10.8 Å². The quantitative estimate of drug-likeness (QED) is 0.851. The third kappa shape index (κ3) is 3.10. The number of thiophene rings is 1. The summed E-state index contributed by atoms with van der Waals surface area (Å²) in [6.45, 7) is 0.652. The first-order valence-corrected chi connectivity index (χ1v) is 7.50. The average Bonchev–Trinajstić information content (AvgIpc) is 2.78. The molecule has 2 N–H and O–H groups in total.